The van der Waals surface area contributed by atoms with E-state index in [9.17, 15) is 13.9 Å². The molecule has 0 radical (unpaired) electrons. The fourth-order valence-electron chi connectivity index (χ4n) is 2.05. The van der Waals surface area contributed by atoms with E-state index in [2.05, 4.69) is 0 Å². The molecule has 0 saturated carbocycles. The van der Waals surface area contributed by atoms with E-state index in [1.807, 2.05) is 6.07 Å². The van der Waals surface area contributed by atoms with Crippen LogP contribution in [0, 0.1) is 23.0 Å². The molecule has 1 atom stereocenters. The Labute approximate surface area is 115 Å². The summed E-state index contributed by atoms with van der Waals surface area (Å²) in [5.74, 6) is -1.84. The van der Waals surface area contributed by atoms with Crippen LogP contribution < -0.4 is 0 Å². The summed E-state index contributed by atoms with van der Waals surface area (Å²) in [6.45, 7) is 1.59. The van der Waals surface area contributed by atoms with Gasteiger partial charge in [-0.15, -0.1) is 0 Å². The standard InChI is InChI=1S/C16H13F2NO/c1-16(20,13-5-2-11(10-19)3-6-13)9-12-4-7-14(17)15(18)8-12/h2-8,20H,9H2,1H3. The van der Waals surface area contributed by atoms with Crippen LogP contribution in [-0.2, 0) is 12.0 Å². The van der Waals surface area contributed by atoms with Crippen molar-refractivity contribution in [2.75, 3.05) is 0 Å². The maximum Gasteiger partial charge on any atom is 0.159 e. The second-order valence-electron chi connectivity index (χ2n) is 4.89. The molecule has 0 aromatic heterocycles. The van der Waals surface area contributed by atoms with Crippen LogP contribution in [0.3, 0.4) is 0 Å². The molecular weight excluding hydrogens is 260 g/mol. The summed E-state index contributed by atoms with van der Waals surface area (Å²) in [7, 11) is 0. The van der Waals surface area contributed by atoms with Gasteiger partial charge in [0.1, 0.15) is 0 Å². The third-order valence-corrected chi connectivity index (χ3v) is 3.17. The average Bonchev–Trinajstić information content (AvgIpc) is 2.43. The van der Waals surface area contributed by atoms with E-state index in [-0.39, 0.29) is 6.42 Å². The molecule has 4 heteroatoms. The maximum atomic E-state index is 13.2. The Morgan fingerprint density at radius 2 is 1.75 bits per heavy atom. The molecule has 0 spiro atoms. The second-order valence-corrected chi connectivity index (χ2v) is 4.89. The summed E-state index contributed by atoms with van der Waals surface area (Å²) >= 11 is 0. The summed E-state index contributed by atoms with van der Waals surface area (Å²) < 4.78 is 26.0. The highest BCUT2D eigenvalue weighted by molar-refractivity contribution is 5.34. The molecule has 0 fully saturated rings. The molecule has 2 nitrogen and oxygen atoms in total. The van der Waals surface area contributed by atoms with E-state index in [1.165, 1.54) is 6.07 Å². The van der Waals surface area contributed by atoms with Crippen molar-refractivity contribution in [2.45, 2.75) is 18.9 Å². The van der Waals surface area contributed by atoms with Crippen LogP contribution in [0.5, 0.6) is 0 Å². The van der Waals surface area contributed by atoms with Gasteiger partial charge in [0, 0.05) is 6.42 Å². The largest absolute Gasteiger partial charge is 0.385 e. The molecule has 20 heavy (non-hydrogen) atoms. The fraction of sp³-hybridized carbons (Fsp3) is 0.188. The second kappa shape index (κ2) is 5.40. The van der Waals surface area contributed by atoms with E-state index in [0.717, 1.165) is 12.1 Å². The highest BCUT2D eigenvalue weighted by Crippen LogP contribution is 2.26. The normalized spacial score (nSPS) is 13.6. The lowest BCUT2D eigenvalue weighted by Crippen LogP contribution is -2.24. The van der Waals surface area contributed by atoms with Crippen molar-refractivity contribution in [1.29, 1.82) is 5.26 Å². The Bertz CT molecular complexity index is 657. The molecule has 0 aliphatic heterocycles. The lowest BCUT2D eigenvalue weighted by Gasteiger charge is -2.24. The van der Waals surface area contributed by atoms with E-state index < -0.39 is 17.2 Å². The highest BCUT2D eigenvalue weighted by Gasteiger charge is 2.24. The number of hydrogen-bond acceptors (Lipinski definition) is 2. The maximum absolute atomic E-state index is 13.2. The monoisotopic (exact) mass is 273 g/mol. The topological polar surface area (TPSA) is 44.0 Å². The summed E-state index contributed by atoms with van der Waals surface area (Å²) in [6, 6.07) is 12.1. The van der Waals surface area contributed by atoms with Gasteiger partial charge >= 0.3 is 0 Å². The third kappa shape index (κ3) is 3.01. The van der Waals surface area contributed by atoms with Crippen molar-refractivity contribution in [3.8, 4) is 6.07 Å². The van der Waals surface area contributed by atoms with Gasteiger partial charge in [0.05, 0.1) is 17.2 Å². The molecule has 1 N–H and O–H groups in total. The van der Waals surface area contributed by atoms with Gasteiger partial charge in [-0.1, -0.05) is 18.2 Å². The predicted molar refractivity (Wildman–Crippen MR) is 70.8 cm³/mol. The van der Waals surface area contributed by atoms with Crippen LogP contribution in [0.1, 0.15) is 23.6 Å². The first-order valence-corrected chi connectivity index (χ1v) is 6.09. The van der Waals surface area contributed by atoms with Crippen molar-refractivity contribution in [2.24, 2.45) is 0 Å². The zero-order valence-corrected chi connectivity index (χ0v) is 10.9. The SMILES string of the molecule is CC(O)(Cc1ccc(F)c(F)c1)c1ccc(C#N)cc1. The summed E-state index contributed by atoms with van der Waals surface area (Å²) in [5, 5.41) is 19.2. The molecule has 0 bridgehead atoms. The predicted octanol–water partition coefficient (Wildman–Crippen LogP) is 3.29. The summed E-state index contributed by atoms with van der Waals surface area (Å²) in [5.41, 5.74) is 0.384. The Balaban J connectivity index is 2.25. The Kier molecular flexibility index (Phi) is 3.82. The van der Waals surface area contributed by atoms with Gasteiger partial charge in [-0.05, 0) is 42.3 Å². The number of nitrogens with zero attached hydrogens (tertiary/aromatic N) is 1. The highest BCUT2D eigenvalue weighted by atomic mass is 19.2. The summed E-state index contributed by atoms with van der Waals surface area (Å²) in [4.78, 5) is 0. The van der Waals surface area contributed by atoms with E-state index in [0.29, 0.717) is 16.7 Å². The first-order chi connectivity index (χ1) is 9.42. The smallest absolute Gasteiger partial charge is 0.159 e. The minimum Gasteiger partial charge on any atom is -0.385 e. The Morgan fingerprint density at radius 1 is 1.10 bits per heavy atom. The van der Waals surface area contributed by atoms with Crippen LogP contribution >= 0.6 is 0 Å². The number of benzene rings is 2. The Morgan fingerprint density at radius 3 is 2.30 bits per heavy atom. The number of hydrogen-bond donors (Lipinski definition) is 1. The molecule has 2 aromatic rings. The van der Waals surface area contributed by atoms with Gasteiger partial charge in [0.15, 0.2) is 11.6 Å². The van der Waals surface area contributed by atoms with Crippen molar-refractivity contribution in [3.05, 3.63) is 70.8 Å². The zero-order chi connectivity index (χ0) is 14.8. The van der Waals surface area contributed by atoms with Crippen molar-refractivity contribution in [3.63, 3.8) is 0 Å². The molecule has 102 valence electrons. The first-order valence-electron chi connectivity index (χ1n) is 6.09. The third-order valence-electron chi connectivity index (χ3n) is 3.17. The minimum absolute atomic E-state index is 0.149. The molecule has 2 rings (SSSR count). The lowest BCUT2D eigenvalue weighted by molar-refractivity contribution is 0.0575. The minimum atomic E-state index is -1.22. The van der Waals surface area contributed by atoms with Crippen molar-refractivity contribution >= 4 is 0 Å². The Hall–Kier alpha value is -2.25. The van der Waals surface area contributed by atoms with Crippen molar-refractivity contribution < 1.29 is 13.9 Å². The number of nitriles is 1. The first kappa shape index (κ1) is 14.2. The number of rotatable bonds is 3. The summed E-state index contributed by atoms with van der Waals surface area (Å²) in [6.07, 6.45) is 0.149. The van der Waals surface area contributed by atoms with Gasteiger partial charge in [-0.25, -0.2) is 8.78 Å². The van der Waals surface area contributed by atoms with Gasteiger partial charge in [0.2, 0.25) is 0 Å². The average molecular weight is 273 g/mol. The van der Waals surface area contributed by atoms with Crippen LogP contribution in [0.2, 0.25) is 0 Å². The lowest BCUT2D eigenvalue weighted by atomic mass is 9.88. The van der Waals surface area contributed by atoms with Crippen LogP contribution in [0.15, 0.2) is 42.5 Å². The number of halogens is 2. The fourth-order valence-corrected chi connectivity index (χ4v) is 2.05. The zero-order valence-electron chi connectivity index (χ0n) is 10.9. The van der Waals surface area contributed by atoms with Gasteiger partial charge in [-0.3, -0.25) is 0 Å². The van der Waals surface area contributed by atoms with Crippen LogP contribution in [-0.4, -0.2) is 5.11 Å². The van der Waals surface area contributed by atoms with Crippen LogP contribution in [0.25, 0.3) is 0 Å². The molecule has 0 aliphatic carbocycles. The van der Waals surface area contributed by atoms with E-state index in [4.69, 9.17) is 5.26 Å². The molecule has 0 amide bonds. The van der Waals surface area contributed by atoms with Crippen molar-refractivity contribution in [1.82, 2.24) is 0 Å². The molecule has 0 saturated heterocycles. The molecule has 1 unspecified atom stereocenters. The van der Waals surface area contributed by atoms with E-state index >= 15 is 0 Å². The van der Waals surface area contributed by atoms with E-state index in [1.54, 1.807) is 31.2 Å². The molecule has 2 aromatic carbocycles. The van der Waals surface area contributed by atoms with Gasteiger partial charge in [0.25, 0.3) is 0 Å². The van der Waals surface area contributed by atoms with Gasteiger partial charge in [-0.2, -0.15) is 5.26 Å². The quantitative estimate of drug-likeness (QED) is 0.932. The van der Waals surface area contributed by atoms with Gasteiger partial charge < -0.3 is 5.11 Å². The molecule has 0 aliphatic rings. The molecular formula is C16H13F2NO. The van der Waals surface area contributed by atoms with Crippen LogP contribution in [0.4, 0.5) is 8.78 Å². The molecule has 0 heterocycles. The number of aliphatic hydroxyl groups is 1.